The van der Waals surface area contributed by atoms with Crippen LogP contribution in [0.15, 0.2) is 55.4 Å². The van der Waals surface area contributed by atoms with Crippen molar-refractivity contribution in [3.63, 3.8) is 0 Å². The highest BCUT2D eigenvalue weighted by molar-refractivity contribution is 6.00. The summed E-state index contributed by atoms with van der Waals surface area (Å²) >= 11 is 0. The smallest absolute Gasteiger partial charge is 0.324 e. The van der Waals surface area contributed by atoms with E-state index in [1.165, 1.54) is 6.33 Å². The van der Waals surface area contributed by atoms with Crippen LogP contribution in [0.2, 0.25) is 0 Å². The van der Waals surface area contributed by atoms with Crippen LogP contribution in [-0.4, -0.2) is 32.2 Å². The fraction of sp³-hybridized carbons (Fsp3) is 0.125. The van der Waals surface area contributed by atoms with Crippen LogP contribution in [0.5, 0.6) is 5.75 Å². The SMILES string of the molecule is CCOc1ccccc1NC(=O)Nc1cc(-n2ccnc2)ncn1. The minimum Gasteiger partial charge on any atom is -0.492 e. The monoisotopic (exact) mass is 324 g/mol. The number of rotatable bonds is 5. The number of nitrogens with one attached hydrogen (secondary N) is 2. The van der Waals surface area contributed by atoms with Gasteiger partial charge in [0.2, 0.25) is 0 Å². The minimum absolute atomic E-state index is 0.375. The quantitative estimate of drug-likeness (QED) is 0.752. The molecule has 24 heavy (non-hydrogen) atoms. The first-order chi connectivity index (χ1) is 11.8. The number of anilines is 2. The molecule has 3 aromatic rings. The number of carbonyl (C=O) groups is 1. The third kappa shape index (κ3) is 3.67. The Hall–Kier alpha value is -3.42. The van der Waals surface area contributed by atoms with E-state index in [0.29, 0.717) is 29.7 Å². The second kappa shape index (κ2) is 7.23. The maximum Gasteiger partial charge on any atom is 0.324 e. The summed E-state index contributed by atoms with van der Waals surface area (Å²) in [5.74, 6) is 1.59. The van der Waals surface area contributed by atoms with Gasteiger partial charge in [0.25, 0.3) is 0 Å². The Kier molecular flexibility index (Phi) is 4.66. The molecular formula is C16H16N6O2. The second-order valence-corrected chi connectivity index (χ2v) is 4.74. The van der Waals surface area contributed by atoms with Gasteiger partial charge in [-0.25, -0.2) is 19.7 Å². The summed E-state index contributed by atoms with van der Waals surface area (Å²) in [6.45, 7) is 2.40. The van der Waals surface area contributed by atoms with E-state index in [2.05, 4.69) is 25.6 Å². The predicted octanol–water partition coefficient (Wildman–Crippen LogP) is 2.71. The standard InChI is InChI=1S/C16H16N6O2/c1-2-24-13-6-4-3-5-12(13)20-16(23)21-14-9-15(19-10-18-14)22-8-7-17-11-22/h3-11H,2H2,1H3,(H2,18,19,20,21,23). The molecule has 0 atom stereocenters. The Balaban J connectivity index is 1.71. The van der Waals surface area contributed by atoms with Gasteiger partial charge in [0, 0.05) is 18.5 Å². The number of aromatic nitrogens is 4. The number of amides is 2. The molecule has 8 nitrogen and oxygen atoms in total. The van der Waals surface area contributed by atoms with Crippen LogP contribution in [-0.2, 0) is 0 Å². The predicted molar refractivity (Wildman–Crippen MR) is 89.4 cm³/mol. The molecule has 1 aromatic carbocycles. The van der Waals surface area contributed by atoms with Crippen molar-refractivity contribution in [3.8, 4) is 11.6 Å². The largest absolute Gasteiger partial charge is 0.492 e. The number of imidazole rings is 1. The molecule has 0 unspecified atom stereocenters. The average molecular weight is 324 g/mol. The number of para-hydroxylation sites is 2. The van der Waals surface area contributed by atoms with Crippen molar-refractivity contribution in [2.24, 2.45) is 0 Å². The number of benzene rings is 1. The van der Waals surface area contributed by atoms with Crippen LogP contribution in [0, 0.1) is 0 Å². The van der Waals surface area contributed by atoms with Gasteiger partial charge in [-0.05, 0) is 19.1 Å². The summed E-state index contributed by atoms with van der Waals surface area (Å²) in [5, 5.41) is 5.42. The molecule has 2 aromatic heterocycles. The van der Waals surface area contributed by atoms with Crippen molar-refractivity contribution >= 4 is 17.5 Å². The van der Waals surface area contributed by atoms with Crippen molar-refractivity contribution in [2.45, 2.75) is 6.92 Å². The molecule has 3 rings (SSSR count). The molecule has 0 fully saturated rings. The maximum absolute atomic E-state index is 12.2. The van der Waals surface area contributed by atoms with Gasteiger partial charge in [-0.15, -0.1) is 0 Å². The molecule has 0 aliphatic heterocycles. The highest BCUT2D eigenvalue weighted by Gasteiger charge is 2.09. The lowest BCUT2D eigenvalue weighted by atomic mass is 10.3. The van der Waals surface area contributed by atoms with Crippen LogP contribution in [0.3, 0.4) is 0 Å². The van der Waals surface area contributed by atoms with Gasteiger partial charge in [-0.3, -0.25) is 9.88 Å². The first kappa shape index (κ1) is 15.5. The number of nitrogens with zero attached hydrogens (tertiary/aromatic N) is 4. The molecule has 0 saturated carbocycles. The fourth-order valence-corrected chi connectivity index (χ4v) is 2.07. The number of hydrogen-bond acceptors (Lipinski definition) is 5. The van der Waals surface area contributed by atoms with Crippen molar-refractivity contribution in [1.82, 2.24) is 19.5 Å². The molecule has 122 valence electrons. The number of hydrogen-bond donors (Lipinski definition) is 2. The Morgan fingerprint density at radius 3 is 2.92 bits per heavy atom. The molecule has 2 heterocycles. The van der Waals surface area contributed by atoms with Gasteiger partial charge >= 0.3 is 6.03 Å². The van der Waals surface area contributed by atoms with Gasteiger partial charge in [0.1, 0.15) is 30.0 Å². The van der Waals surface area contributed by atoms with Crippen LogP contribution in [0.1, 0.15) is 6.92 Å². The van der Waals surface area contributed by atoms with Gasteiger partial charge in [-0.1, -0.05) is 12.1 Å². The number of ether oxygens (including phenoxy) is 1. The van der Waals surface area contributed by atoms with Crippen LogP contribution >= 0.6 is 0 Å². The molecule has 2 amide bonds. The lowest BCUT2D eigenvalue weighted by Gasteiger charge is -2.12. The molecular weight excluding hydrogens is 308 g/mol. The summed E-state index contributed by atoms with van der Waals surface area (Å²) in [4.78, 5) is 24.3. The molecule has 0 aliphatic rings. The van der Waals surface area contributed by atoms with E-state index in [4.69, 9.17) is 4.74 Å². The summed E-state index contributed by atoms with van der Waals surface area (Å²) < 4.78 is 7.20. The van der Waals surface area contributed by atoms with Crippen molar-refractivity contribution in [3.05, 3.63) is 55.4 Å². The zero-order valence-corrected chi connectivity index (χ0v) is 13.0. The molecule has 0 bridgehead atoms. The normalized spacial score (nSPS) is 10.2. The summed E-state index contributed by atoms with van der Waals surface area (Å²) in [5.41, 5.74) is 0.584. The lowest BCUT2D eigenvalue weighted by molar-refractivity contribution is 0.262. The molecule has 0 aliphatic carbocycles. The second-order valence-electron chi connectivity index (χ2n) is 4.74. The molecule has 0 saturated heterocycles. The van der Waals surface area contributed by atoms with E-state index in [1.807, 2.05) is 19.1 Å². The topological polar surface area (TPSA) is 94.0 Å². The van der Waals surface area contributed by atoms with E-state index in [1.54, 1.807) is 41.5 Å². The van der Waals surface area contributed by atoms with E-state index < -0.39 is 6.03 Å². The third-order valence-electron chi connectivity index (χ3n) is 3.10. The summed E-state index contributed by atoms with van der Waals surface area (Å²) in [7, 11) is 0. The van der Waals surface area contributed by atoms with E-state index in [9.17, 15) is 4.79 Å². The highest BCUT2D eigenvalue weighted by Crippen LogP contribution is 2.23. The summed E-state index contributed by atoms with van der Waals surface area (Å²) in [6, 6.07) is 8.45. The van der Waals surface area contributed by atoms with Crippen molar-refractivity contribution < 1.29 is 9.53 Å². The van der Waals surface area contributed by atoms with Crippen molar-refractivity contribution in [2.75, 3.05) is 17.2 Å². The zero-order chi connectivity index (χ0) is 16.8. The first-order valence-corrected chi connectivity index (χ1v) is 7.36. The highest BCUT2D eigenvalue weighted by atomic mass is 16.5. The average Bonchev–Trinajstić information content (AvgIpc) is 3.12. The van der Waals surface area contributed by atoms with Crippen molar-refractivity contribution in [1.29, 1.82) is 0 Å². The van der Waals surface area contributed by atoms with Crippen LogP contribution in [0.25, 0.3) is 5.82 Å². The van der Waals surface area contributed by atoms with Crippen LogP contribution in [0.4, 0.5) is 16.3 Å². The third-order valence-corrected chi connectivity index (χ3v) is 3.10. The van der Waals surface area contributed by atoms with E-state index in [-0.39, 0.29) is 0 Å². The maximum atomic E-state index is 12.2. The van der Waals surface area contributed by atoms with Gasteiger partial charge in [0.15, 0.2) is 0 Å². The Labute approximate surface area is 138 Å². The molecule has 2 N–H and O–H groups in total. The molecule has 0 spiro atoms. The minimum atomic E-state index is -0.419. The Morgan fingerprint density at radius 2 is 2.12 bits per heavy atom. The zero-order valence-electron chi connectivity index (χ0n) is 13.0. The fourth-order valence-electron chi connectivity index (χ4n) is 2.07. The van der Waals surface area contributed by atoms with E-state index >= 15 is 0 Å². The number of urea groups is 1. The van der Waals surface area contributed by atoms with Gasteiger partial charge < -0.3 is 10.1 Å². The van der Waals surface area contributed by atoms with Gasteiger partial charge in [-0.2, -0.15) is 0 Å². The summed E-state index contributed by atoms with van der Waals surface area (Å²) in [6.07, 6.45) is 6.39. The van der Waals surface area contributed by atoms with Gasteiger partial charge in [0.05, 0.1) is 12.3 Å². The van der Waals surface area contributed by atoms with Crippen LogP contribution < -0.4 is 15.4 Å². The lowest BCUT2D eigenvalue weighted by Crippen LogP contribution is -2.20. The molecule has 8 heteroatoms. The first-order valence-electron chi connectivity index (χ1n) is 7.36. The number of carbonyl (C=O) groups excluding carboxylic acids is 1. The van der Waals surface area contributed by atoms with E-state index in [0.717, 1.165) is 0 Å². The Morgan fingerprint density at radius 1 is 1.25 bits per heavy atom. The molecule has 0 radical (unpaired) electrons. The Bertz CT molecular complexity index is 819.